The van der Waals surface area contributed by atoms with Crippen LogP contribution in [0.15, 0.2) is 18.7 Å². The predicted molar refractivity (Wildman–Crippen MR) is 86.4 cm³/mol. The summed E-state index contributed by atoms with van der Waals surface area (Å²) < 4.78 is 4.63. The van der Waals surface area contributed by atoms with E-state index >= 15 is 0 Å². The Morgan fingerprint density at radius 3 is 2.73 bits per heavy atom. The Morgan fingerprint density at radius 1 is 1.45 bits per heavy atom. The van der Waals surface area contributed by atoms with Crippen LogP contribution in [0.4, 0.5) is 0 Å². The van der Waals surface area contributed by atoms with Gasteiger partial charge < -0.3 is 9.64 Å². The summed E-state index contributed by atoms with van der Waals surface area (Å²) in [7, 11) is 2.94. The quantitative estimate of drug-likeness (QED) is 0.330. The fourth-order valence-corrected chi connectivity index (χ4v) is 2.44. The minimum absolute atomic E-state index is 0.0213. The summed E-state index contributed by atoms with van der Waals surface area (Å²) in [6.45, 7) is 4.18. The molecule has 7 heteroatoms. The van der Waals surface area contributed by atoms with Crippen LogP contribution in [0, 0.1) is 0 Å². The number of carbonyl (C=O) groups is 2. The van der Waals surface area contributed by atoms with Gasteiger partial charge in [-0.15, -0.1) is 6.58 Å². The number of amides is 1. The SMILES string of the molecule is C=CCCCN(C)C(=O)c1c(CC(=O)OC)cc(Cl)nc1Cl. The lowest BCUT2D eigenvalue weighted by atomic mass is 10.1. The lowest BCUT2D eigenvalue weighted by Gasteiger charge is -2.19. The van der Waals surface area contributed by atoms with Crippen molar-refractivity contribution in [3.63, 3.8) is 0 Å². The number of esters is 1. The van der Waals surface area contributed by atoms with Crippen LogP contribution in [-0.4, -0.2) is 42.5 Å². The normalized spacial score (nSPS) is 10.2. The standard InChI is InChI=1S/C15H18Cl2N2O3/c1-4-5-6-7-19(2)15(21)13-10(9-12(20)22-3)8-11(16)18-14(13)17/h4,8H,1,5-7,9H2,2-3H3. The first-order valence-corrected chi connectivity index (χ1v) is 7.44. The van der Waals surface area contributed by atoms with Crippen molar-refractivity contribution in [2.75, 3.05) is 20.7 Å². The average molecular weight is 345 g/mol. The van der Waals surface area contributed by atoms with Gasteiger partial charge in [0.1, 0.15) is 10.3 Å². The Kier molecular flexibility index (Phi) is 7.35. The topological polar surface area (TPSA) is 59.5 Å². The molecule has 0 saturated heterocycles. The molecule has 5 nitrogen and oxygen atoms in total. The molecular weight excluding hydrogens is 327 g/mol. The molecule has 0 unspecified atom stereocenters. The number of methoxy groups -OCH3 is 1. The van der Waals surface area contributed by atoms with E-state index in [1.807, 2.05) is 0 Å². The van der Waals surface area contributed by atoms with Gasteiger partial charge in [0.25, 0.3) is 5.91 Å². The molecule has 0 aromatic carbocycles. The summed E-state index contributed by atoms with van der Waals surface area (Å²) in [5.74, 6) is -0.793. The van der Waals surface area contributed by atoms with E-state index in [2.05, 4.69) is 16.3 Å². The zero-order valence-electron chi connectivity index (χ0n) is 12.6. The molecule has 22 heavy (non-hydrogen) atoms. The van der Waals surface area contributed by atoms with E-state index in [9.17, 15) is 9.59 Å². The lowest BCUT2D eigenvalue weighted by Crippen LogP contribution is -2.29. The van der Waals surface area contributed by atoms with Crippen molar-refractivity contribution in [1.82, 2.24) is 9.88 Å². The molecule has 1 rings (SSSR count). The van der Waals surface area contributed by atoms with Crippen LogP contribution in [0.2, 0.25) is 10.3 Å². The minimum Gasteiger partial charge on any atom is -0.469 e. The number of allylic oxidation sites excluding steroid dienone is 1. The van der Waals surface area contributed by atoms with Crippen molar-refractivity contribution in [2.45, 2.75) is 19.3 Å². The van der Waals surface area contributed by atoms with Gasteiger partial charge in [-0.1, -0.05) is 29.3 Å². The molecule has 0 aliphatic heterocycles. The van der Waals surface area contributed by atoms with Crippen molar-refractivity contribution in [3.8, 4) is 0 Å². The first-order valence-electron chi connectivity index (χ1n) is 6.68. The lowest BCUT2D eigenvalue weighted by molar-refractivity contribution is -0.139. The number of hydrogen-bond donors (Lipinski definition) is 0. The van der Waals surface area contributed by atoms with E-state index < -0.39 is 5.97 Å². The van der Waals surface area contributed by atoms with Gasteiger partial charge in [0.15, 0.2) is 0 Å². The van der Waals surface area contributed by atoms with E-state index in [-0.39, 0.29) is 28.2 Å². The molecule has 0 spiro atoms. The Balaban J connectivity index is 3.07. The zero-order chi connectivity index (χ0) is 16.7. The Bertz CT molecular complexity index is 576. The molecule has 1 aromatic rings. The smallest absolute Gasteiger partial charge is 0.310 e. The highest BCUT2D eigenvalue weighted by atomic mass is 35.5. The van der Waals surface area contributed by atoms with Crippen LogP contribution >= 0.6 is 23.2 Å². The van der Waals surface area contributed by atoms with Gasteiger partial charge in [0.05, 0.1) is 19.1 Å². The number of ether oxygens (including phenoxy) is 1. The van der Waals surface area contributed by atoms with Crippen LogP contribution in [0.5, 0.6) is 0 Å². The molecular formula is C15H18Cl2N2O3. The Labute approximate surface area is 139 Å². The van der Waals surface area contributed by atoms with Crippen LogP contribution in [0.3, 0.4) is 0 Å². The second-order valence-electron chi connectivity index (χ2n) is 4.68. The van der Waals surface area contributed by atoms with Crippen molar-refractivity contribution in [3.05, 3.63) is 40.2 Å². The zero-order valence-corrected chi connectivity index (χ0v) is 14.1. The van der Waals surface area contributed by atoms with Gasteiger partial charge in [-0.2, -0.15) is 0 Å². The number of unbranched alkanes of at least 4 members (excludes halogenated alkanes) is 1. The highest BCUT2D eigenvalue weighted by molar-refractivity contribution is 6.35. The minimum atomic E-state index is -0.485. The molecule has 0 bridgehead atoms. The molecule has 1 heterocycles. The van der Waals surface area contributed by atoms with Crippen molar-refractivity contribution in [1.29, 1.82) is 0 Å². The van der Waals surface area contributed by atoms with E-state index in [1.54, 1.807) is 13.1 Å². The third-order valence-electron chi connectivity index (χ3n) is 3.05. The Morgan fingerprint density at radius 2 is 2.14 bits per heavy atom. The second-order valence-corrected chi connectivity index (χ2v) is 5.43. The fraction of sp³-hybridized carbons (Fsp3) is 0.400. The number of rotatable bonds is 7. The summed E-state index contributed by atoms with van der Waals surface area (Å²) in [5, 5.41) is 0.0988. The predicted octanol–water partition coefficient (Wildman–Crippen LogP) is 3.14. The van der Waals surface area contributed by atoms with Gasteiger partial charge in [-0.3, -0.25) is 9.59 Å². The monoisotopic (exact) mass is 344 g/mol. The van der Waals surface area contributed by atoms with Gasteiger partial charge in [-0.25, -0.2) is 4.98 Å². The van der Waals surface area contributed by atoms with E-state index in [0.29, 0.717) is 12.1 Å². The maximum atomic E-state index is 12.5. The van der Waals surface area contributed by atoms with Gasteiger partial charge in [0.2, 0.25) is 0 Å². The highest BCUT2D eigenvalue weighted by Gasteiger charge is 2.22. The number of aromatic nitrogens is 1. The molecule has 0 atom stereocenters. The number of carbonyl (C=O) groups excluding carboxylic acids is 2. The first kappa shape index (κ1) is 18.5. The number of nitrogens with zero attached hydrogens (tertiary/aromatic N) is 2. The van der Waals surface area contributed by atoms with Crippen molar-refractivity contribution in [2.24, 2.45) is 0 Å². The van der Waals surface area contributed by atoms with Gasteiger partial charge in [0, 0.05) is 13.6 Å². The summed E-state index contributed by atoms with van der Waals surface area (Å²) in [4.78, 5) is 29.4. The summed E-state index contributed by atoms with van der Waals surface area (Å²) in [5.41, 5.74) is 0.579. The molecule has 0 saturated carbocycles. The molecule has 0 fully saturated rings. The van der Waals surface area contributed by atoms with E-state index in [0.717, 1.165) is 12.8 Å². The molecule has 0 N–H and O–H groups in total. The molecule has 120 valence electrons. The summed E-state index contributed by atoms with van der Waals surface area (Å²) in [6, 6.07) is 1.45. The van der Waals surface area contributed by atoms with Crippen LogP contribution in [-0.2, 0) is 16.0 Å². The van der Waals surface area contributed by atoms with Crippen molar-refractivity contribution < 1.29 is 14.3 Å². The summed E-state index contributed by atoms with van der Waals surface area (Å²) in [6.07, 6.45) is 3.29. The first-order chi connectivity index (χ1) is 10.4. The number of hydrogen-bond acceptors (Lipinski definition) is 4. The Hall–Kier alpha value is -1.59. The summed E-state index contributed by atoms with van der Waals surface area (Å²) >= 11 is 11.9. The van der Waals surface area contributed by atoms with E-state index in [4.69, 9.17) is 23.2 Å². The fourth-order valence-electron chi connectivity index (χ4n) is 1.89. The number of halogens is 2. The molecule has 0 aliphatic carbocycles. The molecule has 1 aromatic heterocycles. The van der Waals surface area contributed by atoms with Gasteiger partial charge in [-0.05, 0) is 24.5 Å². The van der Waals surface area contributed by atoms with Gasteiger partial charge >= 0.3 is 5.97 Å². The number of pyridine rings is 1. The third-order valence-corrected chi connectivity index (χ3v) is 3.52. The maximum absolute atomic E-state index is 12.5. The van der Waals surface area contributed by atoms with Crippen molar-refractivity contribution >= 4 is 35.1 Å². The molecule has 0 radical (unpaired) electrons. The maximum Gasteiger partial charge on any atom is 0.310 e. The van der Waals surface area contributed by atoms with Crippen LogP contribution < -0.4 is 0 Å². The van der Waals surface area contributed by atoms with E-state index in [1.165, 1.54) is 18.1 Å². The largest absolute Gasteiger partial charge is 0.469 e. The third kappa shape index (κ3) is 5.00. The molecule has 1 amide bonds. The highest BCUT2D eigenvalue weighted by Crippen LogP contribution is 2.24. The second kappa shape index (κ2) is 8.76. The molecule has 0 aliphatic rings. The van der Waals surface area contributed by atoms with Crippen LogP contribution in [0.1, 0.15) is 28.8 Å². The average Bonchev–Trinajstić information content (AvgIpc) is 2.46. The van der Waals surface area contributed by atoms with Crippen LogP contribution in [0.25, 0.3) is 0 Å².